The van der Waals surface area contributed by atoms with Crippen LogP contribution in [0.1, 0.15) is 19.3 Å². The Kier molecular flexibility index (Phi) is 2.55. The van der Waals surface area contributed by atoms with Gasteiger partial charge in [-0.2, -0.15) is 0 Å². The second-order valence-corrected chi connectivity index (χ2v) is 9.43. The van der Waals surface area contributed by atoms with Crippen molar-refractivity contribution in [2.75, 3.05) is 0 Å². The van der Waals surface area contributed by atoms with E-state index in [1.165, 1.54) is 11.6 Å². The Balaban J connectivity index is 2.76. The summed E-state index contributed by atoms with van der Waals surface area (Å²) in [6.45, 7) is 6.90. The number of hydrogen-bond donors (Lipinski definition) is 1. The molecule has 64 valence electrons. The molecule has 0 aromatic heterocycles. The van der Waals surface area contributed by atoms with E-state index in [4.69, 9.17) is 0 Å². The molecule has 0 saturated heterocycles. The zero-order valence-electron chi connectivity index (χ0n) is 7.72. The van der Waals surface area contributed by atoms with Crippen LogP contribution in [0.4, 0.5) is 0 Å². The van der Waals surface area contributed by atoms with Crippen LogP contribution in [0.15, 0.2) is 11.3 Å². The molecular formula is C9H18OSi. The summed E-state index contributed by atoms with van der Waals surface area (Å²) in [5, 5.41) is 11.0. The van der Waals surface area contributed by atoms with Crippen LogP contribution in [0.25, 0.3) is 0 Å². The van der Waals surface area contributed by atoms with Crippen LogP contribution in [0, 0.1) is 0 Å². The number of rotatable bonds is 1. The molecule has 0 aromatic rings. The van der Waals surface area contributed by atoms with Gasteiger partial charge in [-0.1, -0.05) is 30.9 Å². The molecule has 1 N–H and O–H groups in total. The van der Waals surface area contributed by atoms with Crippen molar-refractivity contribution in [3.05, 3.63) is 11.3 Å². The fourth-order valence-electron chi connectivity index (χ4n) is 1.67. The van der Waals surface area contributed by atoms with Crippen molar-refractivity contribution in [2.45, 2.75) is 45.0 Å². The minimum absolute atomic E-state index is 0.115. The molecule has 1 atom stereocenters. The highest BCUT2D eigenvalue weighted by Crippen LogP contribution is 2.26. The Labute approximate surface area is 70.1 Å². The first-order chi connectivity index (χ1) is 5.02. The number of hydrogen-bond acceptors (Lipinski definition) is 1. The highest BCUT2D eigenvalue weighted by Gasteiger charge is 2.26. The second kappa shape index (κ2) is 3.11. The van der Waals surface area contributed by atoms with E-state index in [0.717, 1.165) is 12.8 Å². The van der Waals surface area contributed by atoms with Crippen LogP contribution >= 0.6 is 0 Å². The molecule has 2 heteroatoms. The number of aliphatic hydroxyl groups excluding tert-OH is 1. The van der Waals surface area contributed by atoms with E-state index < -0.39 is 8.07 Å². The van der Waals surface area contributed by atoms with Crippen LogP contribution in [0.3, 0.4) is 0 Å². The molecule has 0 amide bonds. The van der Waals surface area contributed by atoms with Gasteiger partial charge in [0.1, 0.15) is 0 Å². The molecule has 0 fully saturated rings. The van der Waals surface area contributed by atoms with Crippen molar-refractivity contribution in [2.24, 2.45) is 0 Å². The van der Waals surface area contributed by atoms with Crippen molar-refractivity contribution in [3.8, 4) is 0 Å². The molecule has 11 heavy (non-hydrogen) atoms. The van der Waals surface area contributed by atoms with E-state index in [9.17, 15) is 5.11 Å². The minimum atomic E-state index is -1.21. The van der Waals surface area contributed by atoms with Crippen LogP contribution in [-0.2, 0) is 0 Å². The minimum Gasteiger partial charge on any atom is -0.389 e. The Bertz CT molecular complexity index is 167. The maximum absolute atomic E-state index is 9.67. The summed E-state index contributed by atoms with van der Waals surface area (Å²) < 4.78 is 0. The van der Waals surface area contributed by atoms with Gasteiger partial charge in [0.15, 0.2) is 0 Å². The molecule has 0 spiro atoms. The van der Waals surface area contributed by atoms with Crippen molar-refractivity contribution in [3.63, 3.8) is 0 Å². The Hall–Kier alpha value is -0.0831. The lowest BCUT2D eigenvalue weighted by molar-refractivity contribution is 0.198. The lowest BCUT2D eigenvalue weighted by atomic mass is 10.1. The van der Waals surface area contributed by atoms with Crippen molar-refractivity contribution in [1.82, 2.24) is 0 Å². The highest BCUT2D eigenvalue weighted by atomic mass is 28.3. The third kappa shape index (κ3) is 2.17. The fraction of sp³-hybridized carbons (Fsp3) is 0.778. The summed E-state index contributed by atoms with van der Waals surface area (Å²) >= 11 is 0. The summed E-state index contributed by atoms with van der Waals surface area (Å²) in [7, 11) is -1.21. The summed E-state index contributed by atoms with van der Waals surface area (Å²) in [5.74, 6) is 0. The molecule has 0 radical (unpaired) electrons. The van der Waals surface area contributed by atoms with Gasteiger partial charge in [-0.05, 0) is 19.3 Å². The molecular weight excluding hydrogens is 152 g/mol. The molecule has 1 nitrogen and oxygen atoms in total. The molecule has 0 bridgehead atoms. The summed E-state index contributed by atoms with van der Waals surface area (Å²) in [4.78, 5) is 0. The lowest BCUT2D eigenvalue weighted by Gasteiger charge is -2.28. The SMILES string of the molecule is C[Si](C)(C)C1=CCCC[C@@H]1O. The van der Waals surface area contributed by atoms with E-state index in [1.54, 1.807) is 0 Å². The van der Waals surface area contributed by atoms with Crippen molar-refractivity contribution in [1.29, 1.82) is 0 Å². The van der Waals surface area contributed by atoms with Gasteiger partial charge in [0.05, 0.1) is 14.2 Å². The normalized spacial score (nSPS) is 26.5. The summed E-state index contributed by atoms with van der Waals surface area (Å²) in [5.41, 5.74) is 0. The van der Waals surface area contributed by atoms with E-state index in [2.05, 4.69) is 25.7 Å². The first kappa shape index (κ1) is 9.01. The molecule has 0 aromatic carbocycles. The maximum atomic E-state index is 9.67. The molecule has 0 heterocycles. The second-order valence-electron chi connectivity index (χ2n) is 4.36. The number of aliphatic hydroxyl groups is 1. The molecule has 0 aliphatic heterocycles. The topological polar surface area (TPSA) is 20.2 Å². The van der Waals surface area contributed by atoms with Gasteiger partial charge >= 0.3 is 0 Å². The highest BCUT2D eigenvalue weighted by molar-refractivity contribution is 6.83. The van der Waals surface area contributed by atoms with Gasteiger partial charge in [-0.3, -0.25) is 0 Å². The molecule has 1 aliphatic carbocycles. The lowest BCUT2D eigenvalue weighted by Crippen LogP contribution is -2.33. The molecule has 0 unspecified atom stereocenters. The van der Waals surface area contributed by atoms with Crippen LogP contribution in [0.5, 0.6) is 0 Å². The third-order valence-corrected chi connectivity index (χ3v) is 4.54. The van der Waals surface area contributed by atoms with E-state index >= 15 is 0 Å². The predicted octanol–water partition coefficient (Wildman–Crippen LogP) is 2.34. The third-order valence-electron chi connectivity index (χ3n) is 2.27. The quantitative estimate of drug-likeness (QED) is 0.599. The maximum Gasteiger partial charge on any atom is 0.0753 e. The van der Waals surface area contributed by atoms with Gasteiger partial charge in [-0.15, -0.1) is 0 Å². The van der Waals surface area contributed by atoms with Crippen LogP contribution < -0.4 is 0 Å². The van der Waals surface area contributed by atoms with Gasteiger partial charge < -0.3 is 5.11 Å². The van der Waals surface area contributed by atoms with Gasteiger partial charge in [0.25, 0.3) is 0 Å². The Morgan fingerprint density at radius 1 is 1.45 bits per heavy atom. The van der Waals surface area contributed by atoms with Gasteiger partial charge in [-0.25, -0.2) is 0 Å². The van der Waals surface area contributed by atoms with Gasteiger partial charge in [0, 0.05) is 0 Å². The standard InChI is InChI=1S/C9H18OSi/c1-11(2,3)9-7-5-4-6-8(9)10/h7-8,10H,4-6H2,1-3H3/t8-/m0/s1. The average molecular weight is 170 g/mol. The number of allylic oxidation sites excluding steroid dienone is 1. The first-order valence-electron chi connectivity index (χ1n) is 4.40. The average Bonchev–Trinajstić information content (AvgIpc) is 1.86. The predicted molar refractivity (Wildman–Crippen MR) is 51.3 cm³/mol. The summed E-state index contributed by atoms with van der Waals surface area (Å²) in [6, 6.07) is 0. The van der Waals surface area contributed by atoms with E-state index in [1.807, 2.05) is 0 Å². The van der Waals surface area contributed by atoms with Crippen molar-refractivity contribution < 1.29 is 5.11 Å². The zero-order chi connectivity index (χ0) is 8.48. The smallest absolute Gasteiger partial charge is 0.0753 e. The Morgan fingerprint density at radius 2 is 2.09 bits per heavy atom. The van der Waals surface area contributed by atoms with Crippen LogP contribution in [0.2, 0.25) is 19.6 Å². The largest absolute Gasteiger partial charge is 0.389 e. The zero-order valence-corrected chi connectivity index (χ0v) is 8.72. The van der Waals surface area contributed by atoms with Crippen LogP contribution in [-0.4, -0.2) is 19.3 Å². The Morgan fingerprint density at radius 3 is 2.45 bits per heavy atom. The molecule has 0 saturated carbocycles. The first-order valence-corrected chi connectivity index (χ1v) is 7.90. The van der Waals surface area contributed by atoms with E-state index in [-0.39, 0.29) is 6.10 Å². The van der Waals surface area contributed by atoms with E-state index in [0.29, 0.717) is 0 Å². The fourth-order valence-corrected chi connectivity index (χ4v) is 3.57. The summed E-state index contributed by atoms with van der Waals surface area (Å²) in [6.07, 6.45) is 5.47. The van der Waals surface area contributed by atoms with Gasteiger partial charge in [0.2, 0.25) is 0 Å². The monoisotopic (exact) mass is 170 g/mol. The molecule has 1 aliphatic rings. The van der Waals surface area contributed by atoms with Crippen molar-refractivity contribution >= 4 is 8.07 Å². The molecule has 1 rings (SSSR count).